The number of thiophene rings is 1. The second-order valence-electron chi connectivity index (χ2n) is 4.02. The first kappa shape index (κ1) is 14.7. The molecular formula is C12H10ClN3O2S2. The van der Waals surface area contributed by atoms with E-state index < -0.39 is 10.0 Å². The predicted molar refractivity (Wildman–Crippen MR) is 80.4 cm³/mol. The van der Waals surface area contributed by atoms with Crippen molar-refractivity contribution in [2.45, 2.75) is 11.8 Å². The fourth-order valence-electron chi connectivity index (χ4n) is 1.61. The Bertz CT molecular complexity index is 807. The van der Waals surface area contributed by atoms with Gasteiger partial charge in [-0.1, -0.05) is 11.6 Å². The summed E-state index contributed by atoms with van der Waals surface area (Å²) in [6, 6.07) is 6.27. The summed E-state index contributed by atoms with van der Waals surface area (Å²) in [5.74, 6) is 0. The number of nitrogens with zero attached hydrogens (tertiary/aromatic N) is 1. The number of anilines is 2. The highest BCUT2D eigenvalue weighted by Gasteiger charge is 2.20. The van der Waals surface area contributed by atoms with Crippen LogP contribution in [0.1, 0.15) is 11.1 Å². The summed E-state index contributed by atoms with van der Waals surface area (Å²) in [5, 5.41) is 11.1. The van der Waals surface area contributed by atoms with E-state index in [4.69, 9.17) is 22.6 Å². The van der Waals surface area contributed by atoms with Gasteiger partial charge in [0.25, 0.3) is 10.0 Å². The third-order valence-electron chi connectivity index (χ3n) is 2.60. The zero-order valence-electron chi connectivity index (χ0n) is 10.3. The molecule has 3 N–H and O–H groups in total. The molecule has 0 aliphatic heterocycles. The molecule has 0 unspecified atom stereocenters. The fraction of sp³-hybridized carbons (Fsp3) is 0.0833. The van der Waals surface area contributed by atoms with Crippen LogP contribution in [0.15, 0.2) is 28.5 Å². The number of sulfonamides is 1. The summed E-state index contributed by atoms with van der Waals surface area (Å²) in [6.07, 6.45) is 0. The second-order valence-corrected chi connectivity index (χ2v) is 6.99. The third kappa shape index (κ3) is 2.72. The van der Waals surface area contributed by atoms with E-state index in [1.54, 1.807) is 18.4 Å². The Hall–Kier alpha value is -1.75. The van der Waals surface area contributed by atoms with E-state index in [0.717, 1.165) is 11.3 Å². The number of nitriles is 1. The normalized spacial score (nSPS) is 11.1. The van der Waals surface area contributed by atoms with Crippen LogP contribution in [0.3, 0.4) is 0 Å². The van der Waals surface area contributed by atoms with Gasteiger partial charge in [0.1, 0.15) is 11.1 Å². The van der Waals surface area contributed by atoms with Crippen LogP contribution in [-0.2, 0) is 10.0 Å². The number of nitrogen functional groups attached to an aromatic ring is 1. The molecule has 1 aromatic heterocycles. The number of nitrogens with two attached hydrogens (primary N) is 1. The van der Waals surface area contributed by atoms with Crippen LogP contribution < -0.4 is 10.5 Å². The smallest absolute Gasteiger partial charge is 0.262 e. The minimum atomic E-state index is -3.82. The molecule has 104 valence electrons. The first-order chi connectivity index (χ1) is 9.35. The highest BCUT2D eigenvalue weighted by molar-refractivity contribution is 7.93. The molecule has 0 atom stereocenters. The highest BCUT2D eigenvalue weighted by Crippen LogP contribution is 2.30. The molecule has 0 amide bonds. The summed E-state index contributed by atoms with van der Waals surface area (Å²) in [4.78, 5) is 0.0386. The molecule has 1 heterocycles. The van der Waals surface area contributed by atoms with Crippen LogP contribution in [0.2, 0.25) is 5.02 Å². The second kappa shape index (κ2) is 5.32. The number of hydrogen-bond acceptors (Lipinski definition) is 5. The van der Waals surface area contributed by atoms with Gasteiger partial charge in [0.2, 0.25) is 0 Å². The van der Waals surface area contributed by atoms with Crippen molar-refractivity contribution >= 4 is 43.6 Å². The van der Waals surface area contributed by atoms with E-state index in [0.29, 0.717) is 10.6 Å². The molecule has 0 fully saturated rings. The molecule has 1 aromatic carbocycles. The van der Waals surface area contributed by atoms with Gasteiger partial charge >= 0.3 is 0 Å². The summed E-state index contributed by atoms with van der Waals surface area (Å²) >= 11 is 6.98. The molecular weight excluding hydrogens is 318 g/mol. The zero-order valence-corrected chi connectivity index (χ0v) is 12.7. The Kier molecular flexibility index (Phi) is 3.90. The van der Waals surface area contributed by atoms with Crippen LogP contribution >= 0.6 is 22.9 Å². The van der Waals surface area contributed by atoms with E-state index in [1.165, 1.54) is 12.1 Å². The standard InChI is InChI=1S/C12H10ClN3O2S2/c1-7-4-9(13)10(15)5-11(7)20(17,18)16-12-8(6-14)2-3-19-12/h2-5,16H,15H2,1H3. The van der Waals surface area contributed by atoms with E-state index in [2.05, 4.69) is 4.72 Å². The van der Waals surface area contributed by atoms with E-state index in [1.807, 2.05) is 6.07 Å². The van der Waals surface area contributed by atoms with Gasteiger partial charge < -0.3 is 5.73 Å². The maximum Gasteiger partial charge on any atom is 0.262 e. The van der Waals surface area contributed by atoms with Crippen molar-refractivity contribution in [1.82, 2.24) is 0 Å². The van der Waals surface area contributed by atoms with Gasteiger partial charge in [0.15, 0.2) is 0 Å². The van der Waals surface area contributed by atoms with Gasteiger partial charge in [-0.2, -0.15) is 5.26 Å². The molecule has 0 spiro atoms. The molecule has 0 saturated heterocycles. The van der Waals surface area contributed by atoms with Gasteiger partial charge in [-0.25, -0.2) is 8.42 Å². The molecule has 0 saturated carbocycles. The summed E-state index contributed by atoms with van der Waals surface area (Å²) in [5.41, 5.74) is 6.58. The van der Waals surface area contributed by atoms with Crippen molar-refractivity contribution in [2.24, 2.45) is 0 Å². The lowest BCUT2D eigenvalue weighted by molar-refractivity contribution is 0.601. The fourth-order valence-corrected chi connectivity index (χ4v) is 4.16. The van der Waals surface area contributed by atoms with Gasteiger partial charge in [0, 0.05) is 0 Å². The first-order valence-electron chi connectivity index (χ1n) is 5.41. The number of hydrogen-bond donors (Lipinski definition) is 2. The lowest BCUT2D eigenvalue weighted by Gasteiger charge is -2.11. The minimum Gasteiger partial charge on any atom is -0.397 e. The average molecular weight is 328 g/mol. The molecule has 2 aromatic rings. The highest BCUT2D eigenvalue weighted by atomic mass is 35.5. The largest absolute Gasteiger partial charge is 0.397 e. The molecule has 0 aliphatic carbocycles. The lowest BCUT2D eigenvalue weighted by atomic mass is 10.2. The van der Waals surface area contributed by atoms with Crippen LogP contribution in [0, 0.1) is 18.3 Å². The maximum absolute atomic E-state index is 12.3. The number of rotatable bonds is 3. The van der Waals surface area contributed by atoms with Crippen molar-refractivity contribution in [3.63, 3.8) is 0 Å². The van der Waals surface area contributed by atoms with Crippen molar-refractivity contribution in [3.05, 3.63) is 39.7 Å². The summed E-state index contributed by atoms with van der Waals surface area (Å²) in [6.45, 7) is 1.62. The number of benzene rings is 1. The zero-order chi connectivity index (χ0) is 14.9. The molecule has 0 bridgehead atoms. The van der Waals surface area contributed by atoms with Gasteiger partial charge in [-0.3, -0.25) is 4.72 Å². The quantitative estimate of drug-likeness (QED) is 0.847. The molecule has 5 nitrogen and oxygen atoms in total. The van der Waals surface area contributed by atoms with Crippen LogP contribution in [0.5, 0.6) is 0 Å². The number of halogens is 1. The van der Waals surface area contributed by atoms with E-state index in [9.17, 15) is 8.42 Å². The van der Waals surface area contributed by atoms with Crippen LogP contribution in [-0.4, -0.2) is 8.42 Å². The average Bonchev–Trinajstić information content (AvgIpc) is 2.80. The molecule has 8 heteroatoms. The Morgan fingerprint density at radius 3 is 2.80 bits per heavy atom. The Labute approximate surface area is 125 Å². The predicted octanol–water partition coefficient (Wildman–Crippen LogP) is 2.96. The number of nitrogens with one attached hydrogen (secondary N) is 1. The number of aryl methyl sites for hydroxylation is 1. The van der Waals surface area contributed by atoms with Crippen molar-refractivity contribution in [1.29, 1.82) is 5.26 Å². The van der Waals surface area contributed by atoms with Crippen molar-refractivity contribution < 1.29 is 8.42 Å². The SMILES string of the molecule is Cc1cc(Cl)c(N)cc1S(=O)(=O)Nc1sccc1C#N. The molecule has 0 radical (unpaired) electrons. The summed E-state index contributed by atoms with van der Waals surface area (Å²) < 4.78 is 27.1. The Balaban J connectivity index is 2.47. The lowest BCUT2D eigenvalue weighted by Crippen LogP contribution is -2.14. The molecule has 2 rings (SSSR count). The van der Waals surface area contributed by atoms with Crippen molar-refractivity contribution in [3.8, 4) is 6.07 Å². The third-order valence-corrected chi connectivity index (χ3v) is 5.37. The summed E-state index contributed by atoms with van der Waals surface area (Å²) in [7, 11) is -3.82. The van der Waals surface area contributed by atoms with Gasteiger partial charge in [-0.15, -0.1) is 11.3 Å². The topological polar surface area (TPSA) is 96.0 Å². The molecule has 0 aliphatic rings. The van der Waals surface area contributed by atoms with E-state index in [-0.39, 0.29) is 21.1 Å². The maximum atomic E-state index is 12.3. The minimum absolute atomic E-state index is 0.0386. The van der Waals surface area contributed by atoms with Gasteiger partial charge in [-0.05, 0) is 36.1 Å². The molecule has 20 heavy (non-hydrogen) atoms. The monoisotopic (exact) mass is 327 g/mol. The van der Waals surface area contributed by atoms with Crippen LogP contribution in [0.4, 0.5) is 10.7 Å². The van der Waals surface area contributed by atoms with Crippen LogP contribution in [0.25, 0.3) is 0 Å². The van der Waals surface area contributed by atoms with Gasteiger partial charge in [0.05, 0.1) is 21.2 Å². The van der Waals surface area contributed by atoms with E-state index >= 15 is 0 Å². The Morgan fingerprint density at radius 1 is 1.45 bits per heavy atom. The van der Waals surface area contributed by atoms with Crippen molar-refractivity contribution in [2.75, 3.05) is 10.5 Å². The first-order valence-corrected chi connectivity index (χ1v) is 8.15. The Morgan fingerprint density at radius 2 is 2.15 bits per heavy atom.